The molecule has 2 aromatic carbocycles. The molecule has 0 bridgehead atoms. The molecule has 1 N–H and O–H groups in total. The van der Waals surface area contributed by atoms with Crippen LogP contribution < -0.4 is 10.1 Å². The molecular formula is C19H22N2O4. The van der Waals surface area contributed by atoms with Gasteiger partial charge in [0.15, 0.2) is 0 Å². The molecule has 0 aromatic heterocycles. The van der Waals surface area contributed by atoms with E-state index in [1.165, 1.54) is 29.8 Å². The number of carbonyl (C=O) groups excluding carboxylic acids is 1. The van der Waals surface area contributed by atoms with Gasteiger partial charge in [-0.05, 0) is 35.2 Å². The topological polar surface area (TPSA) is 81.5 Å². The molecule has 0 aliphatic rings. The van der Waals surface area contributed by atoms with Crippen molar-refractivity contribution in [3.8, 4) is 5.75 Å². The van der Waals surface area contributed by atoms with E-state index in [0.717, 1.165) is 5.75 Å². The van der Waals surface area contributed by atoms with Gasteiger partial charge in [-0.2, -0.15) is 0 Å². The molecule has 0 heterocycles. The smallest absolute Gasteiger partial charge is 0.269 e. The minimum atomic E-state index is -0.500. The number of nitro groups is 1. The van der Waals surface area contributed by atoms with Crippen LogP contribution in [0.2, 0.25) is 0 Å². The molecule has 0 fully saturated rings. The average molecular weight is 342 g/mol. The van der Waals surface area contributed by atoms with E-state index in [1.54, 1.807) is 0 Å². The van der Waals surface area contributed by atoms with Gasteiger partial charge in [0.1, 0.15) is 12.4 Å². The van der Waals surface area contributed by atoms with Gasteiger partial charge < -0.3 is 10.1 Å². The average Bonchev–Trinajstić information content (AvgIpc) is 2.58. The van der Waals surface area contributed by atoms with Crippen molar-refractivity contribution >= 4 is 11.6 Å². The maximum atomic E-state index is 12.0. The summed E-state index contributed by atoms with van der Waals surface area (Å²) in [6, 6.07) is 13.4. The first kappa shape index (κ1) is 18.4. The number of hydrogen-bond donors (Lipinski definition) is 1. The maximum absolute atomic E-state index is 12.0. The number of benzene rings is 2. The van der Waals surface area contributed by atoms with E-state index in [4.69, 9.17) is 4.74 Å². The second-order valence-corrected chi connectivity index (χ2v) is 6.68. The highest BCUT2D eigenvalue weighted by Gasteiger charge is 2.13. The Hall–Kier alpha value is -2.89. The Morgan fingerprint density at radius 2 is 1.68 bits per heavy atom. The third-order valence-electron chi connectivity index (χ3n) is 3.72. The molecule has 0 saturated heterocycles. The fraction of sp³-hybridized carbons (Fsp3) is 0.316. The Morgan fingerprint density at radius 3 is 2.20 bits per heavy atom. The number of nitrogens with one attached hydrogen (secondary N) is 1. The van der Waals surface area contributed by atoms with Crippen LogP contribution in [0.5, 0.6) is 5.75 Å². The number of ether oxygens (including phenoxy) is 1. The first-order valence-corrected chi connectivity index (χ1v) is 8.03. The molecule has 25 heavy (non-hydrogen) atoms. The largest absolute Gasteiger partial charge is 0.492 e. The van der Waals surface area contributed by atoms with E-state index in [0.29, 0.717) is 18.7 Å². The molecule has 0 unspecified atom stereocenters. The van der Waals surface area contributed by atoms with Gasteiger partial charge in [-0.1, -0.05) is 32.9 Å². The Morgan fingerprint density at radius 1 is 1.08 bits per heavy atom. The highest BCUT2D eigenvalue weighted by atomic mass is 16.6. The summed E-state index contributed by atoms with van der Waals surface area (Å²) < 4.78 is 5.61. The summed E-state index contributed by atoms with van der Waals surface area (Å²) in [5.41, 5.74) is 1.65. The van der Waals surface area contributed by atoms with E-state index < -0.39 is 4.92 Å². The van der Waals surface area contributed by atoms with Crippen LogP contribution in [0.25, 0.3) is 0 Å². The summed E-state index contributed by atoms with van der Waals surface area (Å²) in [5, 5.41) is 13.3. The third kappa shape index (κ3) is 5.31. The van der Waals surface area contributed by atoms with Gasteiger partial charge in [0.2, 0.25) is 0 Å². The predicted molar refractivity (Wildman–Crippen MR) is 96.1 cm³/mol. The first-order chi connectivity index (χ1) is 11.8. The fourth-order valence-electron chi connectivity index (χ4n) is 2.22. The van der Waals surface area contributed by atoms with E-state index in [9.17, 15) is 14.9 Å². The van der Waals surface area contributed by atoms with Crippen molar-refractivity contribution in [1.82, 2.24) is 5.32 Å². The number of carbonyl (C=O) groups is 1. The summed E-state index contributed by atoms with van der Waals surface area (Å²) in [6.45, 7) is 7.13. The van der Waals surface area contributed by atoms with Gasteiger partial charge in [-0.3, -0.25) is 14.9 Å². The van der Waals surface area contributed by atoms with Crippen molar-refractivity contribution < 1.29 is 14.5 Å². The Kier molecular flexibility index (Phi) is 5.75. The van der Waals surface area contributed by atoms with E-state index in [-0.39, 0.29) is 17.0 Å². The molecule has 0 aliphatic carbocycles. The van der Waals surface area contributed by atoms with E-state index in [1.807, 2.05) is 24.3 Å². The molecule has 0 aliphatic heterocycles. The van der Waals surface area contributed by atoms with Crippen molar-refractivity contribution in [2.45, 2.75) is 26.2 Å². The van der Waals surface area contributed by atoms with Crippen LogP contribution in [0.3, 0.4) is 0 Å². The molecule has 0 radical (unpaired) electrons. The van der Waals surface area contributed by atoms with Gasteiger partial charge >= 0.3 is 0 Å². The van der Waals surface area contributed by atoms with Crippen molar-refractivity contribution in [3.63, 3.8) is 0 Å². The number of amides is 1. The standard InChI is InChI=1S/C19H22N2O4/c1-19(2,3)15-6-10-17(11-7-15)25-13-12-20-18(22)14-4-8-16(9-5-14)21(23)24/h4-11H,12-13H2,1-3H3,(H,20,22). The minimum absolute atomic E-state index is 0.0430. The molecule has 6 heteroatoms. The van der Waals surface area contributed by atoms with Gasteiger partial charge in [0.25, 0.3) is 11.6 Å². The second-order valence-electron chi connectivity index (χ2n) is 6.68. The van der Waals surface area contributed by atoms with Crippen LogP contribution in [0, 0.1) is 10.1 Å². The second kappa shape index (κ2) is 7.79. The zero-order valence-electron chi connectivity index (χ0n) is 14.6. The van der Waals surface area contributed by atoms with Crippen molar-refractivity contribution in [3.05, 3.63) is 69.8 Å². The molecule has 0 saturated carbocycles. The van der Waals surface area contributed by atoms with Crippen molar-refractivity contribution in [2.75, 3.05) is 13.2 Å². The number of hydrogen-bond acceptors (Lipinski definition) is 4. The third-order valence-corrected chi connectivity index (χ3v) is 3.72. The number of rotatable bonds is 6. The zero-order valence-corrected chi connectivity index (χ0v) is 14.6. The van der Waals surface area contributed by atoms with Crippen LogP contribution in [0.1, 0.15) is 36.7 Å². The quantitative estimate of drug-likeness (QED) is 0.493. The molecule has 0 spiro atoms. The van der Waals surface area contributed by atoms with Gasteiger partial charge in [-0.25, -0.2) is 0 Å². The van der Waals surface area contributed by atoms with Crippen LogP contribution in [0.15, 0.2) is 48.5 Å². The lowest BCUT2D eigenvalue weighted by Gasteiger charge is -2.19. The Bertz CT molecular complexity index is 732. The lowest BCUT2D eigenvalue weighted by atomic mass is 9.87. The van der Waals surface area contributed by atoms with E-state index >= 15 is 0 Å². The highest BCUT2D eigenvalue weighted by molar-refractivity contribution is 5.94. The molecule has 2 rings (SSSR count). The Balaban J connectivity index is 1.78. The minimum Gasteiger partial charge on any atom is -0.492 e. The lowest BCUT2D eigenvalue weighted by Crippen LogP contribution is -2.28. The Labute approximate surface area is 147 Å². The van der Waals surface area contributed by atoms with E-state index in [2.05, 4.69) is 26.1 Å². The normalized spacial score (nSPS) is 11.0. The van der Waals surface area contributed by atoms with Crippen molar-refractivity contribution in [1.29, 1.82) is 0 Å². The monoisotopic (exact) mass is 342 g/mol. The summed E-state index contributed by atoms with van der Waals surface area (Å²) in [6.07, 6.45) is 0. The maximum Gasteiger partial charge on any atom is 0.269 e. The van der Waals surface area contributed by atoms with Crippen molar-refractivity contribution in [2.24, 2.45) is 0 Å². The summed E-state index contributed by atoms with van der Waals surface area (Å²) in [7, 11) is 0. The molecular weight excluding hydrogens is 320 g/mol. The fourth-order valence-corrected chi connectivity index (χ4v) is 2.22. The lowest BCUT2D eigenvalue weighted by molar-refractivity contribution is -0.384. The molecule has 6 nitrogen and oxygen atoms in total. The SMILES string of the molecule is CC(C)(C)c1ccc(OCCNC(=O)c2ccc([N+](=O)[O-])cc2)cc1. The van der Waals surface area contributed by atoms with Gasteiger partial charge in [0.05, 0.1) is 11.5 Å². The van der Waals surface area contributed by atoms with Crippen LogP contribution in [0.4, 0.5) is 5.69 Å². The van der Waals surface area contributed by atoms with Crippen LogP contribution >= 0.6 is 0 Å². The predicted octanol–water partition coefficient (Wildman–Crippen LogP) is 3.70. The number of nitro benzene ring substituents is 1. The zero-order chi connectivity index (χ0) is 18.4. The highest BCUT2D eigenvalue weighted by Crippen LogP contribution is 2.24. The summed E-state index contributed by atoms with van der Waals surface area (Å²) in [5.74, 6) is 0.458. The molecule has 0 atom stereocenters. The summed E-state index contributed by atoms with van der Waals surface area (Å²) >= 11 is 0. The van der Waals surface area contributed by atoms with Gasteiger partial charge in [-0.15, -0.1) is 0 Å². The molecule has 132 valence electrons. The molecule has 1 amide bonds. The van der Waals surface area contributed by atoms with Crippen LogP contribution in [-0.4, -0.2) is 24.0 Å². The number of nitrogens with zero attached hydrogens (tertiary/aromatic N) is 1. The first-order valence-electron chi connectivity index (χ1n) is 8.03. The summed E-state index contributed by atoms with van der Waals surface area (Å²) in [4.78, 5) is 22.0. The van der Waals surface area contributed by atoms with Crippen LogP contribution in [-0.2, 0) is 5.41 Å². The molecule has 2 aromatic rings. The van der Waals surface area contributed by atoms with Gasteiger partial charge in [0, 0.05) is 17.7 Å². The number of non-ortho nitro benzene ring substituents is 1.